The lowest BCUT2D eigenvalue weighted by atomic mass is 10.1. The van der Waals surface area contributed by atoms with E-state index in [1.807, 2.05) is 30.9 Å². The Morgan fingerprint density at radius 2 is 1.79 bits per heavy atom. The Morgan fingerprint density at radius 1 is 1.21 bits per heavy atom. The van der Waals surface area contributed by atoms with Gasteiger partial charge in [0, 0.05) is 18.7 Å². The number of hydrogen-bond donors (Lipinski definition) is 0. The maximum Gasteiger partial charge on any atom is 0.254 e. The van der Waals surface area contributed by atoms with Crippen molar-refractivity contribution in [3.63, 3.8) is 0 Å². The summed E-state index contributed by atoms with van der Waals surface area (Å²) in [5.74, 6) is 0.116. The van der Waals surface area contributed by atoms with E-state index in [1.54, 1.807) is 0 Å². The summed E-state index contributed by atoms with van der Waals surface area (Å²) < 4.78 is 5.66. The molecule has 2 atom stereocenters. The van der Waals surface area contributed by atoms with Crippen molar-refractivity contribution >= 4 is 5.91 Å². The number of carbonyl (C=O) groups is 1. The Kier molecular flexibility index (Phi) is 4.59. The standard InChI is InChI=1S/C16H23NO2/c1-4-5-14-6-8-15(9-7-14)16(18)17-10-12(2)19-13(3)11-17/h6-9,12-13H,4-5,10-11H2,1-3H3/t12-,13-/m1/s1. The number of nitrogens with zero attached hydrogens (tertiary/aromatic N) is 1. The van der Waals surface area contributed by atoms with E-state index < -0.39 is 0 Å². The van der Waals surface area contributed by atoms with Gasteiger partial charge in [-0.2, -0.15) is 0 Å². The van der Waals surface area contributed by atoms with Crippen LogP contribution < -0.4 is 0 Å². The van der Waals surface area contributed by atoms with Crippen LogP contribution in [0.3, 0.4) is 0 Å². The third-order valence-corrected chi connectivity index (χ3v) is 3.45. The van der Waals surface area contributed by atoms with Gasteiger partial charge < -0.3 is 9.64 Å². The zero-order valence-electron chi connectivity index (χ0n) is 12.1. The van der Waals surface area contributed by atoms with Gasteiger partial charge in [-0.15, -0.1) is 0 Å². The Balaban J connectivity index is 2.06. The SMILES string of the molecule is CCCc1ccc(C(=O)N2C[C@@H](C)O[C@H](C)C2)cc1. The summed E-state index contributed by atoms with van der Waals surface area (Å²) in [7, 11) is 0. The van der Waals surface area contributed by atoms with Crippen molar-refractivity contribution in [2.75, 3.05) is 13.1 Å². The van der Waals surface area contributed by atoms with E-state index in [4.69, 9.17) is 4.74 Å². The third kappa shape index (κ3) is 3.57. The zero-order valence-corrected chi connectivity index (χ0v) is 12.1. The summed E-state index contributed by atoms with van der Waals surface area (Å²) in [6.07, 6.45) is 2.44. The van der Waals surface area contributed by atoms with Crippen molar-refractivity contribution in [1.82, 2.24) is 4.90 Å². The minimum absolute atomic E-state index is 0.116. The minimum atomic E-state index is 0.116. The Hall–Kier alpha value is -1.35. The van der Waals surface area contributed by atoms with Gasteiger partial charge >= 0.3 is 0 Å². The summed E-state index contributed by atoms with van der Waals surface area (Å²) in [5, 5.41) is 0. The Morgan fingerprint density at radius 3 is 2.32 bits per heavy atom. The lowest BCUT2D eigenvalue weighted by molar-refractivity contribution is -0.0586. The molecule has 0 spiro atoms. The summed E-state index contributed by atoms with van der Waals surface area (Å²) >= 11 is 0. The largest absolute Gasteiger partial charge is 0.372 e. The van der Waals surface area contributed by atoms with Gasteiger partial charge in [0.2, 0.25) is 0 Å². The van der Waals surface area contributed by atoms with Crippen LogP contribution in [0.4, 0.5) is 0 Å². The Bertz CT molecular complexity index is 417. The van der Waals surface area contributed by atoms with Crippen LogP contribution in [-0.4, -0.2) is 36.1 Å². The normalized spacial score (nSPS) is 23.4. The van der Waals surface area contributed by atoms with Crippen molar-refractivity contribution in [3.8, 4) is 0 Å². The fourth-order valence-corrected chi connectivity index (χ4v) is 2.63. The highest BCUT2D eigenvalue weighted by molar-refractivity contribution is 5.94. The van der Waals surface area contributed by atoms with E-state index >= 15 is 0 Å². The first-order valence-electron chi connectivity index (χ1n) is 7.13. The van der Waals surface area contributed by atoms with Gasteiger partial charge in [0.25, 0.3) is 5.91 Å². The van der Waals surface area contributed by atoms with Crippen LogP contribution in [0.1, 0.15) is 43.1 Å². The second-order valence-corrected chi connectivity index (χ2v) is 5.41. The van der Waals surface area contributed by atoms with E-state index in [9.17, 15) is 4.79 Å². The fraction of sp³-hybridized carbons (Fsp3) is 0.562. The molecule has 0 saturated carbocycles. The van der Waals surface area contributed by atoms with Gasteiger partial charge in [0.15, 0.2) is 0 Å². The molecule has 0 N–H and O–H groups in total. The molecule has 19 heavy (non-hydrogen) atoms. The van der Waals surface area contributed by atoms with Gasteiger partial charge in [-0.3, -0.25) is 4.79 Å². The average molecular weight is 261 g/mol. The van der Waals surface area contributed by atoms with E-state index in [0.717, 1.165) is 18.4 Å². The van der Waals surface area contributed by atoms with Crippen LogP contribution in [0, 0.1) is 0 Å². The van der Waals surface area contributed by atoms with Crippen molar-refractivity contribution < 1.29 is 9.53 Å². The second-order valence-electron chi connectivity index (χ2n) is 5.41. The summed E-state index contributed by atoms with van der Waals surface area (Å²) in [4.78, 5) is 14.3. The number of benzene rings is 1. The molecule has 1 fully saturated rings. The zero-order chi connectivity index (χ0) is 13.8. The quantitative estimate of drug-likeness (QED) is 0.837. The van der Waals surface area contributed by atoms with Gasteiger partial charge in [-0.25, -0.2) is 0 Å². The molecule has 1 aromatic carbocycles. The lowest BCUT2D eigenvalue weighted by Gasteiger charge is -2.35. The molecule has 2 rings (SSSR count). The lowest BCUT2D eigenvalue weighted by Crippen LogP contribution is -2.48. The van der Waals surface area contributed by atoms with Crippen molar-refractivity contribution in [2.45, 2.75) is 45.8 Å². The highest BCUT2D eigenvalue weighted by atomic mass is 16.5. The number of morpholine rings is 1. The van der Waals surface area contributed by atoms with Crippen LogP contribution >= 0.6 is 0 Å². The molecule has 0 aromatic heterocycles. The molecule has 0 radical (unpaired) electrons. The van der Waals surface area contributed by atoms with Gasteiger partial charge in [0.05, 0.1) is 12.2 Å². The predicted octanol–water partition coefficient (Wildman–Crippen LogP) is 2.89. The van der Waals surface area contributed by atoms with Crippen molar-refractivity contribution in [2.24, 2.45) is 0 Å². The van der Waals surface area contributed by atoms with Crippen molar-refractivity contribution in [3.05, 3.63) is 35.4 Å². The number of carbonyl (C=O) groups excluding carboxylic acids is 1. The Labute approximate surface area is 115 Å². The van der Waals surface area contributed by atoms with Gasteiger partial charge in [0.1, 0.15) is 0 Å². The van der Waals surface area contributed by atoms with E-state index in [0.29, 0.717) is 13.1 Å². The summed E-state index contributed by atoms with van der Waals surface area (Å²) in [6.45, 7) is 7.55. The molecule has 3 heteroatoms. The predicted molar refractivity (Wildman–Crippen MR) is 76.3 cm³/mol. The first-order valence-corrected chi connectivity index (χ1v) is 7.13. The third-order valence-electron chi connectivity index (χ3n) is 3.45. The molecule has 1 amide bonds. The molecular formula is C16H23NO2. The molecular weight excluding hydrogens is 238 g/mol. The molecule has 1 aliphatic heterocycles. The molecule has 1 heterocycles. The molecule has 1 aliphatic rings. The molecule has 0 aliphatic carbocycles. The molecule has 104 valence electrons. The minimum Gasteiger partial charge on any atom is -0.372 e. The smallest absolute Gasteiger partial charge is 0.254 e. The topological polar surface area (TPSA) is 29.5 Å². The molecule has 1 saturated heterocycles. The molecule has 1 aromatic rings. The monoisotopic (exact) mass is 261 g/mol. The van der Waals surface area contributed by atoms with Crippen LogP contribution in [0.5, 0.6) is 0 Å². The first-order chi connectivity index (χ1) is 9.10. The van der Waals surface area contributed by atoms with Crippen LogP contribution in [0.15, 0.2) is 24.3 Å². The van der Waals surface area contributed by atoms with Crippen LogP contribution in [-0.2, 0) is 11.2 Å². The average Bonchev–Trinajstić information content (AvgIpc) is 2.38. The number of rotatable bonds is 3. The summed E-state index contributed by atoms with van der Waals surface area (Å²) in [6, 6.07) is 8.00. The van der Waals surface area contributed by atoms with Gasteiger partial charge in [-0.1, -0.05) is 25.5 Å². The highest BCUT2D eigenvalue weighted by Crippen LogP contribution is 2.15. The maximum atomic E-state index is 12.4. The number of ether oxygens (including phenoxy) is 1. The highest BCUT2D eigenvalue weighted by Gasteiger charge is 2.26. The second kappa shape index (κ2) is 6.20. The van der Waals surface area contributed by atoms with E-state index in [2.05, 4.69) is 19.1 Å². The van der Waals surface area contributed by atoms with E-state index in [-0.39, 0.29) is 18.1 Å². The molecule has 0 unspecified atom stereocenters. The fourth-order valence-electron chi connectivity index (χ4n) is 2.63. The number of hydrogen-bond acceptors (Lipinski definition) is 2. The van der Waals surface area contributed by atoms with Crippen molar-refractivity contribution in [1.29, 1.82) is 0 Å². The van der Waals surface area contributed by atoms with E-state index in [1.165, 1.54) is 5.56 Å². The summed E-state index contributed by atoms with van der Waals surface area (Å²) in [5.41, 5.74) is 2.07. The number of amides is 1. The van der Waals surface area contributed by atoms with Crippen LogP contribution in [0.2, 0.25) is 0 Å². The number of aryl methyl sites for hydroxylation is 1. The molecule has 0 bridgehead atoms. The first kappa shape index (κ1) is 14.1. The molecule has 3 nitrogen and oxygen atoms in total. The van der Waals surface area contributed by atoms with Gasteiger partial charge in [-0.05, 0) is 38.0 Å². The van der Waals surface area contributed by atoms with Crippen LogP contribution in [0.25, 0.3) is 0 Å². The maximum absolute atomic E-state index is 12.4.